The van der Waals surface area contributed by atoms with E-state index in [0.29, 0.717) is 5.56 Å². The molecule has 2 N–H and O–H groups in total. The SMILES string of the molecule is NCc1ccnc(OCc2ccccc2Br)c1F. The fourth-order valence-corrected chi connectivity index (χ4v) is 1.88. The molecule has 0 bridgehead atoms. The second-order valence-corrected chi connectivity index (χ2v) is 4.53. The number of hydrogen-bond donors (Lipinski definition) is 1. The summed E-state index contributed by atoms with van der Waals surface area (Å²) < 4.78 is 20.1. The van der Waals surface area contributed by atoms with E-state index in [-0.39, 0.29) is 19.0 Å². The number of nitrogens with two attached hydrogens (primary N) is 1. The molecule has 94 valence electrons. The molecule has 0 aliphatic carbocycles. The smallest absolute Gasteiger partial charge is 0.251 e. The highest BCUT2D eigenvalue weighted by Gasteiger charge is 2.10. The normalized spacial score (nSPS) is 10.4. The van der Waals surface area contributed by atoms with E-state index < -0.39 is 5.82 Å². The molecule has 0 saturated carbocycles. The third kappa shape index (κ3) is 2.86. The summed E-state index contributed by atoms with van der Waals surface area (Å²) in [6, 6.07) is 9.14. The van der Waals surface area contributed by atoms with Crippen LogP contribution in [0.15, 0.2) is 41.0 Å². The zero-order valence-electron chi connectivity index (χ0n) is 9.57. The zero-order valence-corrected chi connectivity index (χ0v) is 11.2. The third-order valence-corrected chi connectivity index (χ3v) is 3.25. The van der Waals surface area contributed by atoms with E-state index >= 15 is 0 Å². The summed E-state index contributed by atoms with van der Waals surface area (Å²) in [6.07, 6.45) is 1.49. The van der Waals surface area contributed by atoms with Crippen LogP contribution >= 0.6 is 15.9 Å². The zero-order chi connectivity index (χ0) is 13.0. The lowest BCUT2D eigenvalue weighted by molar-refractivity contribution is 0.275. The van der Waals surface area contributed by atoms with Crippen molar-refractivity contribution in [3.05, 3.63) is 57.9 Å². The van der Waals surface area contributed by atoms with Gasteiger partial charge in [-0.05, 0) is 12.1 Å². The first-order valence-electron chi connectivity index (χ1n) is 5.42. The Morgan fingerprint density at radius 3 is 2.72 bits per heavy atom. The maximum Gasteiger partial charge on any atom is 0.251 e. The summed E-state index contributed by atoms with van der Waals surface area (Å²) in [5, 5.41) is 0. The standard InChI is InChI=1S/C13H12BrFN2O/c14-11-4-2-1-3-10(11)8-18-13-12(15)9(7-16)5-6-17-13/h1-6H,7-8,16H2. The lowest BCUT2D eigenvalue weighted by Gasteiger charge is -2.09. The summed E-state index contributed by atoms with van der Waals surface area (Å²) in [7, 11) is 0. The van der Waals surface area contributed by atoms with Gasteiger partial charge in [0.15, 0.2) is 5.82 Å². The first-order valence-corrected chi connectivity index (χ1v) is 6.21. The number of rotatable bonds is 4. The highest BCUT2D eigenvalue weighted by atomic mass is 79.9. The Balaban J connectivity index is 2.14. The number of benzene rings is 1. The van der Waals surface area contributed by atoms with Crippen LogP contribution in [-0.4, -0.2) is 4.98 Å². The topological polar surface area (TPSA) is 48.1 Å². The van der Waals surface area contributed by atoms with Crippen LogP contribution in [0.25, 0.3) is 0 Å². The van der Waals surface area contributed by atoms with Gasteiger partial charge in [-0.15, -0.1) is 0 Å². The number of nitrogens with zero attached hydrogens (tertiary/aromatic N) is 1. The minimum absolute atomic E-state index is 0.0197. The van der Waals surface area contributed by atoms with Gasteiger partial charge in [0.05, 0.1) is 0 Å². The molecule has 2 aromatic rings. The molecule has 0 atom stereocenters. The predicted molar refractivity (Wildman–Crippen MR) is 70.6 cm³/mol. The quantitative estimate of drug-likeness (QED) is 0.944. The van der Waals surface area contributed by atoms with Gasteiger partial charge in [0.25, 0.3) is 5.88 Å². The second-order valence-electron chi connectivity index (χ2n) is 3.67. The van der Waals surface area contributed by atoms with Gasteiger partial charge in [0.2, 0.25) is 0 Å². The van der Waals surface area contributed by atoms with E-state index in [9.17, 15) is 4.39 Å². The molecule has 1 heterocycles. The van der Waals surface area contributed by atoms with Crippen molar-refractivity contribution in [2.45, 2.75) is 13.2 Å². The molecule has 0 amide bonds. The fraction of sp³-hybridized carbons (Fsp3) is 0.154. The highest BCUT2D eigenvalue weighted by molar-refractivity contribution is 9.10. The van der Waals surface area contributed by atoms with Gasteiger partial charge in [-0.1, -0.05) is 34.1 Å². The summed E-state index contributed by atoms with van der Waals surface area (Å²) >= 11 is 3.40. The van der Waals surface area contributed by atoms with E-state index in [1.807, 2.05) is 24.3 Å². The molecule has 3 nitrogen and oxygen atoms in total. The van der Waals surface area contributed by atoms with Crippen LogP contribution < -0.4 is 10.5 Å². The summed E-state index contributed by atoms with van der Waals surface area (Å²) in [6.45, 7) is 0.374. The summed E-state index contributed by atoms with van der Waals surface area (Å²) in [5.41, 5.74) is 6.74. The molecule has 5 heteroatoms. The lowest BCUT2D eigenvalue weighted by Crippen LogP contribution is -2.05. The molecular formula is C13H12BrFN2O. The number of halogens is 2. The molecule has 0 unspecified atom stereocenters. The van der Waals surface area contributed by atoms with Gasteiger partial charge in [-0.3, -0.25) is 0 Å². The lowest BCUT2D eigenvalue weighted by atomic mass is 10.2. The van der Waals surface area contributed by atoms with Crippen molar-refractivity contribution in [1.29, 1.82) is 0 Å². The monoisotopic (exact) mass is 310 g/mol. The number of aromatic nitrogens is 1. The van der Waals surface area contributed by atoms with Crippen molar-refractivity contribution in [2.24, 2.45) is 5.73 Å². The van der Waals surface area contributed by atoms with E-state index in [1.165, 1.54) is 6.20 Å². The Labute approximate surface area is 113 Å². The minimum atomic E-state index is -0.493. The van der Waals surface area contributed by atoms with Crippen LogP contribution in [0.5, 0.6) is 5.88 Å². The van der Waals surface area contributed by atoms with Gasteiger partial charge in [-0.2, -0.15) is 0 Å². The second kappa shape index (κ2) is 5.93. The van der Waals surface area contributed by atoms with Gasteiger partial charge in [-0.25, -0.2) is 9.37 Å². The van der Waals surface area contributed by atoms with E-state index in [2.05, 4.69) is 20.9 Å². The Hall–Kier alpha value is -1.46. The molecule has 0 fully saturated rings. The summed E-state index contributed by atoms with van der Waals surface area (Å²) in [4.78, 5) is 3.86. The number of hydrogen-bond acceptors (Lipinski definition) is 3. The van der Waals surface area contributed by atoms with Crippen LogP contribution in [0.3, 0.4) is 0 Å². The van der Waals surface area contributed by atoms with Crippen LogP contribution in [-0.2, 0) is 13.2 Å². The Bertz CT molecular complexity index is 548. The van der Waals surface area contributed by atoms with Crippen LogP contribution in [0, 0.1) is 5.82 Å². The molecule has 0 radical (unpaired) electrons. The molecule has 18 heavy (non-hydrogen) atoms. The first kappa shape index (κ1) is 13.0. The van der Waals surface area contributed by atoms with Gasteiger partial charge < -0.3 is 10.5 Å². The van der Waals surface area contributed by atoms with Gasteiger partial charge in [0, 0.05) is 28.3 Å². The largest absolute Gasteiger partial charge is 0.471 e. The number of pyridine rings is 1. The highest BCUT2D eigenvalue weighted by Crippen LogP contribution is 2.21. The number of ether oxygens (including phenoxy) is 1. The molecule has 1 aromatic heterocycles. The van der Waals surface area contributed by atoms with E-state index in [0.717, 1.165) is 10.0 Å². The first-order chi connectivity index (χ1) is 8.72. The molecule has 1 aromatic carbocycles. The van der Waals surface area contributed by atoms with Crippen molar-refractivity contribution in [1.82, 2.24) is 4.98 Å². The molecule has 0 aliphatic rings. The maximum absolute atomic E-state index is 13.8. The van der Waals surface area contributed by atoms with Gasteiger partial charge in [0.1, 0.15) is 6.61 Å². The molecule has 0 spiro atoms. The minimum Gasteiger partial charge on any atom is -0.471 e. The van der Waals surface area contributed by atoms with Crippen molar-refractivity contribution >= 4 is 15.9 Å². The van der Waals surface area contributed by atoms with Crippen LogP contribution in [0.1, 0.15) is 11.1 Å². The van der Waals surface area contributed by atoms with Crippen molar-refractivity contribution in [2.75, 3.05) is 0 Å². The average molecular weight is 311 g/mol. The van der Waals surface area contributed by atoms with Crippen molar-refractivity contribution in [3.63, 3.8) is 0 Å². The molecule has 0 aliphatic heterocycles. The van der Waals surface area contributed by atoms with E-state index in [4.69, 9.17) is 10.5 Å². The van der Waals surface area contributed by atoms with Crippen LogP contribution in [0.4, 0.5) is 4.39 Å². The molecule has 2 rings (SSSR count). The Morgan fingerprint density at radius 2 is 2.00 bits per heavy atom. The van der Waals surface area contributed by atoms with Crippen molar-refractivity contribution < 1.29 is 9.13 Å². The molecule has 0 saturated heterocycles. The average Bonchev–Trinajstić information content (AvgIpc) is 2.39. The van der Waals surface area contributed by atoms with Gasteiger partial charge >= 0.3 is 0 Å². The van der Waals surface area contributed by atoms with E-state index in [1.54, 1.807) is 6.07 Å². The third-order valence-electron chi connectivity index (χ3n) is 2.48. The fourth-order valence-electron chi connectivity index (χ4n) is 1.48. The maximum atomic E-state index is 13.8. The molecular weight excluding hydrogens is 299 g/mol. The van der Waals surface area contributed by atoms with Crippen molar-refractivity contribution in [3.8, 4) is 5.88 Å². The summed E-state index contributed by atoms with van der Waals surface area (Å²) in [5.74, 6) is -0.513. The predicted octanol–water partition coefficient (Wildman–Crippen LogP) is 3.02. The Kier molecular flexibility index (Phi) is 4.28. The van der Waals surface area contributed by atoms with Crippen LogP contribution in [0.2, 0.25) is 0 Å². The Morgan fingerprint density at radius 1 is 1.22 bits per heavy atom.